The highest BCUT2D eigenvalue weighted by atomic mass is 35.5. The molecule has 1 N–H and O–H groups in total. The van der Waals surface area contributed by atoms with Crippen LogP contribution in [-0.2, 0) is 0 Å². The Hall–Kier alpha value is -1.43. The smallest absolute Gasteiger partial charge is 0.388 e. The summed E-state index contributed by atoms with van der Waals surface area (Å²) < 4.78 is 28.0. The number of hydrogen-bond acceptors (Lipinski definition) is 3. The number of ether oxygens (including phenoxy) is 1. The highest BCUT2D eigenvalue weighted by Crippen LogP contribution is 2.24. The number of aromatic nitrogens is 1. The van der Waals surface area contributed by atoms with E-state index in [9.17, 15) is 13.6 Å². The van der Waals surface area contributed by atoms with Crippen LogP contribution in [0.1, 0.15) is 5.69 Å². The molecule has 1 heterocycles. The van der Waals surface area contributed by atoms with Crippen molar-refractivity contribution in [3.63, 3.8) is 0 Å². The molecule has 1 amide bonds. The summed E-state index contributed by atoms with van der Waals surface area (Å²) in [5.41, 5.74) is 0.485. The number of pyridine rings is 1. The van der Waals surface area contributed by atoms with Crippen molar-refractivity contribution in [2.45, 2.75) is 13.5 Å². The van der Waals surface area contributed by atoms with E-state index < -0.39 is 12.0 Å². The second-order valence-electron chi connectivity index (χ2n) is 2.58. The van der Waals surface area contributed by atoms with Crippen molar-refractivity contribution in [2.24, 2.45) is 0 Å². The van der Waals surface area contributed by atoms with Gasteiger partial charge in [0.25, 0.3) is 0 Å². The third-order valence-corrected chi connectivity index (χ3v) is 1.53. The van der Waals surface area contributed by atoms with E-state index >= 15 is 0 Å². The Labute approximate surface area is 89.2 Å². The number of nitrogens with one attached hydrogen (secondary N) is 1. The largest absolute Gasteiger partial charge is 0.415 e. The van der Waals surface area contributed by atoms with Crippen LogP contribution in [0.15, 0.2) is 12.1 Å². The Bertz CT molecular complexity index is 374. The SMILES string of the molecule is Cc1ccc(NC(=O)Cl)c(OC(F)F)n1. The Morgan fingerprint density at radius 2 is 2.27 bits per heavy atom. The van der Waals surface area contributed by atoms with Crippen LogP contribution < -0.4 is 10.1 Å². The summed E-state index contributed by atoms with van der Waals surface area (Å²) in [6.45, 7) is -1.41. The number of carbonyl (C=O) groups is 1. The molecule has 15 heavy (non-hydrogen) atoms. The van der Waals surface area contributed by atoms with E-state index in [2.05, 4.69) is 15.0 Å². The lowest BCUT2D eigenvalue weighted by Crippen LogP contribution is -2.09. The molecule has 0 aliphatic heterocycles. The summed E-state index contributed by atoms with van der Waals surface area (Å²) in [5.74, 6) is -0.362. The fourth-order valence-corrected chi connectivity index (χ4v) is 1.01. The molecule has 0 bridgehead atoms. The first-order valence-corrected chi connectivity index (χ1v) is 4.26. The maximum absolute atomic E-state index is 12.0. The molecule has 0 spiro atoms. The van der Waals surface area contributed by atoms with Gasteiger partial charge in [-0.05, 0) is 30.7 Å². The first-order valence-electron chi connectivity index (χ1n) is 3.88. The molecule has 0 radical (unpaired) electrons. The van der Waals surface area contributed by atoms with Crippen molar-refractivity contribution in [2.75, 3.05) is 5.32 Å². The summed E-state index contributed by atoms with van der Waals surface area (Å²) in [7, 11) is 0. The number of aryl methyl sites for hydroxylation is 1. The summed E-state index contributed by atoms with van der Waals surface area (Å²) in [5, 5.41) is 1.21. The molecule has 1 aromatic rings. The molecular formula is C8H7ClF2N2O2. The van der Waals surface area contributed by atoms with Gasteiger partial charge in [0.05, 0.1) is 0 Å². The highest BCUT2D eigenvalue weighted by molar-refractivity contribution is 6.65. The average Bonchev–Trinajstić information content (AvgIpc) is 2.08. The zero-order chi connectivity index (χ0) is 11.4. The zero-order valence-electron chi connectivity index (χ0n) is 7.63. The van der Waals surface area contributed by atoms with E-state index in [1.807, 2.05) is 0 Å². The number of rotatable bonds is 3. The van der Waals surface area contributed by atoms with Crippen LogP contribution >= 0.6 is 11.6 Å². The number of halogens is 3. The van der Waals surface area contributed by atoms with Gasteiger partial charge < -0.3 is 10.1 Å². The molecule has 7 heteroatoms. The van der Waals surface area contributed by atoms with Gasteiger partial charge in [-0.2, -0.15) is 8.78 Å². The monoisotopic (exact) mass is 236 g/mol. The van der Waals surface area contributed by atoms with Crippen molar-refractivity contribution in [1.29, 1.82) is 0 Å². The first-order chi connectivity index (χ1) is 6.99. The zero-order valence-corrected chi connectivity index (χ0v) is 8.39. The predicted octanol–water partition coefficient (Wildman–Crippen LogP) is 2.76. The van der Waals surface area contributed by atoms with Gasteiger partial charge in [0.2, 0.25) is 5.88 Å². The van der Waals surface area contributed by atoms with E-state index in [1.54, 1.807) is 6.92 Å². The van der Waals surface area contributed by atoms with E-state index in [1.165, 1.54) is 12.1 Å². The molecule has 0 aliphatic rings. The van der Waals surface area contributed by atoms with Gasteiger partial charge in [0.1, 0.15) is 5.69 Å². The minimum atomic E-state index is -3.01. The Balaban J connectivity index is 2.97. The van der Waals surface area contributed by atoms with Gasteiger partial charge in [-0.1, -0.05) is 0 Å². The van der Waals surface area contributed by atoms with Crippen molar-refractivity contribution < 1.29 is 18.3 Å². The molecule has 4 nitrogen and oxygen atoms in total. The number of anilines is 1. The number of carbonyl (C=O) groups excluding carboxylic acids is 1. The lowest BCUT2D eigenvalue weighted by molar-refractivity contribution is -0.0523. The van der Waals surface area contributed by atoms with Crippen LogP contribution in [0.2, 0.25) is 0 Å². The van der Waals surface area contributed by atoms with Gasteiger partial charge in [0, 0.05) is 5.69 Å². The Kier molecular flexibility index (Phi) is 3.79. The molecule has 82 valence electrons. The topological polar surface area (TPSA) is 51.2 Å². The van der Waals surface area contributed by atoms with Crippen LogP contribution in [0.4, 0.5) is 19.3 Å². The molecular weight excluding hydrogens is 230 g/mol. The second-order valence-corrected chi connectivity index (χ2v) is 2.93. The number of hydrogen-bond donors (Lipinski definition) is 1. The van der Waals surface area contributed by atoms with Crippen LogP contribution in [0, 0.1) is 6.92 Å². The van der Waals surface area contributed by atoms with Gasteiger partial charge in [-0.15, -0.1) is 0 Å². The molecule has 0 fully saturated rings. The summed E-state index contributed by atoms with van der Waals surface area (Å²) in [6.07, 6.45) is 0. The van der Waals surface area contributed by atoms with Crippen LogP contribution in [-0.4, -0.2) is 17.0 Å². The number of amides is 1. The first kappa shape index (κ1) is 11.6. The third-order valence-electron chi connectivity index (χ3n) is 1.43. The molecule has 1 rings (SSSR count). The quantitative estimate of drug-likeness (QED) is 0.649. The Morgan fingerprint density at radius 3 is 2.80 bits per heavy atom. The highest BCUT2D eigenvalue weighted by Gasteiger charge is 2.12. The summed E-state index contributed by atoms with van der Waals surface area (Å²) >= 11 is 5.04. The van der Waals surface area contributed by atoms with E-state index in [4.69, 9.17) is 11.6 Å². The molecule has 0 atom stereocenters. The standard InChI is InChI=1S/C8H7ClF2N2O2/c1-4-2-3-5(13-7(9)14)6(12-4)15-8(10)11/h2-3,8H,1H3,(H,13,14). The molecule has 0 saturated carbocycles. The molecule has 0 saturated heterocycles. The summed E-state index contributed by atoms with van der Waals surface area (Å²) in [6, 6.07) is 2.90. The average molecular weight is 237 g/mol. The number of alkyl halides is 2. The van der Waals surface area contributed by atoms with Gasteiger partial charge >= 0.3 is 12.0 Å². The predicted molar refractivity (Wildman–Crippen MR) is 50.5 cm³/mol. The summed E-state index contributed by atoms with van der Waals surface area (Å²) in [4.78, 5) is 14.2. The van der Waals surface area contributed by atoms with Crippen molar-refractivity contribution in [3.05, 3.63) is 17.8 Å². The third kappa shape index (κ3) is 3.67. The van der Waals surface area contributed by atoms with E-state index in [0.717, 1.165) is 0 Å². The van der Waals surface area contributed by atoms with E-state index in [0.29, 0.717) is 5.69 Å². The Morgan fingerprint density at radius 1 is 1.60 bits per heavy atom. The lowest BCUT2D eigenvalue weighted by atomic mass is 10.3. The van der Waals surface area contributed by atoms with Crippen LogP contribution in [0.3, 0.4) is 0 Å². The van der Waals surface area contributed by atoms with Gasteiger partial charge in [0.15, 0.2) is 0 Å². The maximum Gasteiger partial charge on any atom is 0.388 e. The van der Waals surface area contributed by atoms with Crippen LogP contribution in [0.5, 0.6) is 5.88 Å². The molecule has 0 unspecified atom stereocenters. The maximum atomic E-state index is 12.0. The number of nitrogens with zero attached hydrogens (tertiary/aromatic N) is 1. The van der Waals surface area contributed by atoms with Crippen molar-refractivity contribution in [3.8, 4) is 5.88 Å². The van der Waals surface area contributed by atoms with Crippen LogP contribution in [0.25, 0.3) is 0 Å². The van der Waals surface area contributed by atoms with Crippen molar-refractivity contribution >= 4 is 22.7 Å². The normalized spacial score (nSPS) is 10.2. The molecule has 1 aromatic heterocycles. The van der Waals surface area contributed by atoms with Gasteiger partial charge in [-0.25, -0.2) is 4.98 Å². The fraction of sp³-hybridized carbons (Fsp3) is 0.250. The minimum absolute atomic E-state index is 0.000833. The van der Waals surface area contributed by atoms with Gasteiger partial charge in [-0.3, -0.25) is 4.79 Å². The molecule has 0 aromatic carbocycles. The minimum Gasteiger partial charge on any atom is -0.415 e. The second kappa shape index (κ2) is 4.88. The van der Waals surface area contributed by atoms with Crippen molar-refractivity contribution in [1.82, 2.24) is 4.98 Å². The molecule has 0 aliphatic carbocycles. The lowest BCUT2D eigenvalue weighted by Gasteiger charge is -2.09. The fourth-order valence-electron chi connectivity index (χ4n) is 0.908. The van der Waals surface area contributed by atoms with E-state index in [-0.39, 0.29) is 11.6 Å².